The van der Waals surface area contributed by atoms with Crippen molar-refractivity contribution in [3.8, 4) is 11.3 Å². The lowest BCUT2D eigenvalue weighted by molar-refractivity contribution is -0.129. The van der Waals surface area contributed by atoms with Crippen LogP contribution in [0.2, 0.25) is 0 Å². The predicted octanol–water partition coefficient (Wildman–Crippen LogP) is 3.44. The molecular formula is C22H20F3N3O2. The maximum Gasteiger partial charge on any atom is 0.242 e. The van der Waals surface area contributed by atoms with Gasteiger partial charge in [0.15, 0.2) is 0 Å². The molecule has 4 rings (SSSR count). The van der Waals surface area contributed by atoms with E-state index in [0.29, 0.717) is 35.2 Å². The molecule has 2 aromatic carbocycles. The molecule has 1 saturated heterocycles. The molecular weight excluding hydrogens is 395 g/mol. The van der Waals surface area contributed by atoms with Gasteiger partial charge in [0.25, 0.3) is 0 Å². The summed E-state index contributed by atoms with van der Waals surface area (Å²) < 4.78 is 41.7. The second-order valence-corrected chi connectivity index (χ2v) is 7.54. The van der Waals surface area contributed by atoms with Gasteiger partial charge < -0.3 is 15.6 Å². The zero-order chi connectivity index (χ0) is 21.4. The van der Waals surface area contributed by atoms with Gasteiger partial charge in [0.05, 0.1) is 5.52 Å². The fraction of sp³-hybridized carbons (Fsp3) is 0.273. The number of halogens is 3. The van der Waals surface area contributed by atoms with Crippen molar-refractivity contribution >= 4 is 22.7 Å². The third-order valence-electron chi connectivity index (χ3n) is 5.39. The van der Waals surface area contributed by atoms with E-state index in [9.17, 15) is 22.8 Å². The van der Waals surface area contributed by atoms with Crippen LogP contribution in [0.15, 0.2) is 36.4 Å². The molecule has 0 aliphatic carbocycles. The molecule has 0 saturated carbocycles. The Bertz CT molecular complexity index is 1120. The zero-order valence-corrected chi connectivity index (χ0v) is 16.2. The molecule has 5 nitrogen and oxygen atoms in total. The summed E-state index contributed by atoms with van der Waals surface area (Å²) in [6, 6.07) is 7.04. The number of hydrogen-bond donors (Lipinski definition) is 3. The fourth-order valence-electron chi connectivity index (χ4n) is 3.79. The van der Waals surface area contributed by atoms with Gasteiger partial charge in [-0.1, -0.05) is 6.92 Å². The number of fused-ring (bicyclic) bond motifs is 1. The van der Waals surface area contributed by atoms with Crippen molar-refractivity contribution in [1.82, 2.24) is 15.6 Å². The van der Waals surface area contributed by atoms with Gasteiger partial charge in [-0.05, 0) is 54.3 Å². The Balaban J connectivity index is 1.70. The molecule has 1 fully saturated rings. The molecule has 30 heavy (non-hydrogen) atoms. The summed E-state index contributed by atoms with van der Waals surface area (Å²) in [5, 5.41) is 5.70. The second-order valence-electron chi connectivity index (χ2n) is 7.54. The molecule has 0 bridgehead atoms. The van der Waals surface area contributed by atoms with Gasteiger partial charge in [-0.2, -0.15) is 0 Å². The van der Waals surface area contributed by atoms with Crippen molar-refractivity contribution < 1.29 is 22.8 Å². The minimum Gasteiger partial charge on any atom is -0.354 e. The van der Waals surface area contributed by atoms with Crippen molar-refractivity contribution in [2.24, 2.45) is 5.92 Å². The molecule has 8 heteroatoms. The third-order valence-corrected chi connectivity index (χ3v) is 5.39. The molecule has 3 aromatic rings. The molecule has 2 atom stereocenters. The van der Waals surface area contributed by atoms with Crippen LogP contribution in [0.1, 0.15) is 18.9 Å². The number of rotatable bonds is 5. The van der Waals surface area contributed by atoms with E-state index < -0.39 is 29.4 Å². The highest BCUT2D eigenvalue weighted by atomic mass is 19.1. The minimum absolute atomic E-state index is 0.119. The highest BCUT2D eigenvalue weighted by molar-refractivity contribution is 5.93. The number of hydrogen-bond acceptors (Lipinski definition) is 2. The number of benzene rings is 2. The van der Waals surface area contributed by atoms with Gasteiger partial charge >= 0.3 is 0 Å². The summed E-state index contributed by atoms with van der Waals surface area (Å²) >= 11 is 0. The van der Waals surface area contributed by atoms with Crippen molar-refractivity contribution in [3.05, 3.63) is 59.4 Å². The van der Waals surface area contributed by atoms with Crippen LogP contribution in [0.25, 0.3) is 22.2 Å². The van der Waals surface area contributed by atoms with Gasteiger partial charge in [0, 0.05) is 29.6 Å². The van der Waals surface area contributed by atoms with Crippen molar-refractivity contribution in [2.75, 3.05) is 6.54 Å². The van der Waals surface area contributed by atoms with E-state index in [1.165, 1.54) is 30.3 Å². The Morgan fingerprint density at radius 3 is 2.57 bits per heavy atom. The first-order valence-corrected chi connectivity index (χ1v) is 9.67. The molecule has 2 heterocycles. The lowest BCUT2D eigenvalue weighted by Gasteiger charge is -2.16. The van der Waals surface area contributed by atoms with Gasteiger partial charge in [-0.25, -0.2) is 13.2 Å². The van der Waals surface area contributed by atoms with Gasteiger partial charge in [0.1, 0.15) is 23.5 Å². The highest BCUT2D eigenvalue weighted by Gasteiger charge is 2.28. The first-order chi connectivity index (χ1) is 14.3. The summed E-state index contributed by atoms with van der Waals surface area (Å²) in [5.74, 6) is -3.02. The first kappa shape index (κ1) is 20.0. The van der Waals surface area contributed by atoms with E-state index in [1.807, 2.05) is 0 Å². The van der Waals surface area contributed by atoms with Crippen molar-refractivity contribution in [2.45, 2.75) is 25.8 Å². The summed E-state index contributed by atoms with van der Waals surface area (Å²) in [6.07, 6.45) is 0.692. The molecule has 1 aliphatic heterocycles. The third kappa shape index (κ3) is 3.77. The van der Waals surface area contributed by atoms with E-state index in [0.717, 1.165) is 6.07 Å². The summed E-state index contributed by atoms with van der Waals surface area (Å²) in [4.78, 5) is 27.3. The van der Waals surface area contributed by atoms with Crippen LogP contribution in [0.3, 0.4) is 0 Å². The van der Waals surface area contributed by atoms with Crippen LogP contribution in [0.5, 0.6) is 0 Å². The maximum absolute atomic E-state index is 14.4. The lowest BCUT2D eigenvalue weighted by Crippen LogP contribution is -2.42. The monoisotopic (exact) mass is 415 g/mol. The second kappa shape index (κ2) is 7.85. The smallest absolute Gasteiger partial charge is 0.242 e. The van der Waals surface area contributed by atoms with Gasteiger partial charge in [-0.3, -0.25) is 9.59 Å². The molecule has 0 spiro atoms. The Labute approximate surface area is 170 Å². The van der Waals surface area contributed by atoms with E-state index in [-0.39, 0.29) is 23.8 Å². The molecule has 3 N–H and O–H groups in total. The molecule has 156 valence electrons. The standard InChI is InChI=1S/C22H20F3N3O2/c1-11(21(29)27-18-6-7-26-22(18)30)8-15-16-9-14(24)10-17(25)20(16)28-19(15)12-2-4-13(23)5-3-12/h2-5,9-11,18,28H,6-8H2,1H3,(H,26,30)(H,27,29)/t11-,18-/m0/s1. The number of nitrogens with one attached hydrogen (secondary N) is 3. The van der Waals surface area contributed by atoms with Crippen molar-refractivity contribution in [3.63, 3.8) is 0 Å². The number of amides is 2. The number of H-pyrrole nitrogens is 1. The van der Waals surface area contributed by atoms with E-state index in [2.05, 4.69) is 15.6 Å². The SMILES string of the molecule is C[C@@H](Cc1c(-c2ccc(F)cc2)[nH]c2c(F)cc(F)cc12)C(=O)N[C@H]1CCNC1=O. The number of carbonyl (C=O) groups is 2. The quantitative estimate of drug-likeness (QED) is 0.597. The number of carbonyl (C=O) groups excluding carboxylic acids is 2. The molecule has 1 aliphatic rings. The maximum atomic E-state index is 14.4. The minimum atomic E-state index is -0.751. The average Bonchev–Trinajstić information content (AvgIpc) is 3.26. The van der Waals surface area contributed by atoms with Crippen LogP contribution in [-0.4, -0.2) is 29.4 Å². The summed E-state index contributed by atoms with van der Waals surface area (Å²) in [7, 11) is 0. The normalized spacial score (nSPS) is 17.2. The van der Waals surface area contributed by atoms with Crippen LogP contribution < -0.4 is 10.6 Å². The zero-order valence-electron chi connectivity index (χ0n) is 16.2. The van der Waals surface area contributed by atoms with Crippen LogP contribution in [0, 0.1) is 23.4 Å². The van der Waals surface area contributed by atoms with Crippen LogP contribution in [0.4, 0.5) is 13.2 Å². The summed E-state index contributed by atoms with van der Waals surface area (Å²) in [5.41, 5.74) is 1.75. The Morgan fingerprint density at radius 2 is 1.90 bits per heavy atom. The fourth-order valence-corrected chi connectivity index (χ4v) is 3.79. The van der Waals surface area contributed by atoms with Crippen LogP contribution >= 0.6 is 0 Å². The van der Waals surface area contributed by atoms with Crippen molar-refractivity contribution in [1.29, 1.82) is 0 Å². The molecule has 1 aromatic heterocycles. The topological polar surface area (TPSA) is 74.0 Å². The van der Waals surface area contributed by atoms with Gasteiger partial charge in [-0.15, -0.1) is 0 Å². The van der Waals surface area contributed by atoms with Crippen LogP contribution in [-0.2, 0) is 16.0 Å². The Hall–Kier alpha value is -3.29. The lowest BCUT2D eigenvalue weighted by atomic mass is 9.95. The Kier molecular flexibility index (Phi) is 5.24. The van der Waals surface area contributed by atoms with E-state index in [1.54, 1.807) is 6.92 Å². The molecule has 2 amide bonds. The number of aromatic nitrogens is 1. The van der Waals surface area contributed by atoms with Gasteiger partial charge in [0.2, 0.25) is 11.8 Å². The average molecular weight is 415 g/mol. The highest BCUT2D eigenvalue weighted by Crippen LogP contribution is 2.34. The molecule has 0 unspecified atom stereocenters. The predicted molar refractivity (Wildman–Crippen MR) is 106 cm³/mol. The first-order valence-electron chi connectivity index (χ1n) is 9.67. The Morgan fingerprint density at radius 1 is 1.17 bits per heavy atom. The van der Waals surface area contributed by atoms with E-state index in [4.69, 9.17) is 0 Å². The van der Waals surface area contributed by atoms with E-state index >= 15 is 0 Å². The largest absolute Gasteiger partial charge is 0.354 e. The molecule has 0 radical (unpaired) electrons. The number of aromatic amines is 1. The summed E-state index contributed by atoms with van der Waals surface area (Å²) in [6.45, 7) is 2.19.